The molecule has 1 amide bonds. The van der Waals surface area contributed by atoms with Crippen LogP contribution in [0.25, 0.3) is 0 Å². The van der Waals surface area contributed by atoms with E-state index < -0.39 is 4.92 Å². The minimum atomic E-state index is -0.500. The van der Waals surface area contributed by atoms with Crippen LogP contribution in [0.2, 0.25) is 0 Å². The molecule has 0 aliphatic carbocycles. The largest absolute Gasteiger partial charge is 0.484 e. The lowest BCUT2D eigenvalue weighted by Crippen LogP contribution is -2.46. The molecule has 0 aromatic heterocycles. The SMILES string of the molecule is Cl.O=C(COc1cccc([N+](=O)[O-])c1)NCCN1CCNCC1. The number of halogens is 1. The highest BCUT2D eigenvalue weighted by atomic mass is 35.5. The predicted molar refractivity (Wildman–Crippen MR) is 88.2 cm³/mol. The molecule has 0 atom stereocenters. The number of carbonyl (C=O) groups is 1. The van der Waals surface area contributed by atoms with Gasteiger partial charge < -0.3 is 15.4 Å². The zero-order valence-corrected chi connectivity index (χ0v) is 13.5. The molecule has 1 aromatic rings. The number of nitro groups is 1. The van der Waals surface area contributed by atoms with Gasteiger partial charge in [-0.05, 0) is 6.07 Å². The number of hydrogen-bond donors (Lipinski definition) is 2. The summed E-state index contributed by atoms with van der Waals surface area (Å²) in [6, 6.07) is 5.78. The van der Waals surface area contributed by atoms with Gasteiger partial charge in [0.15, 0.2) is 6.61 Å². The molecule has 0 unspecified atom stereocenters. The first-order valence-electron chi connectivity index (χ1n) is 7.22. The van der Waals surface area contributed by atoms with Gasteiger partial charge in [-0.25, -0.2) is 0 Å². The van der Waals surface area contributed by atoms with Gasteiger partial charge in [-0.2, -0.15) is 0 Å². The zero-order chi connectivity index (χ0) is 15.8. The monoisotopic (exact) mass is 344 g/mol. The minimum Gasteiger partial charge on any atom is -0.484 e. The second-order valence-electron chi connectivity index (χ2n) is 4.98. The molecular formula is C14H21ClN4O4. The molecule has 0 radical (unpaired) electrons. The Kier molecular flexibility index (Phi) is 8.31. The van der Waals surface area contributed by atoms with Crippen molar-refractivity contribution >= 4 is 24.0 Å². The molecule has 9 heteroatoms. The first kappa shape index (κ1) is 19.1. The van der Waals surface area contributed by atoms with E-state index in [1.54, 1.807) is 6.07 Å². The Balaban J connectivity index is 0.00000264. The van der Waals surface area contributed by atoms with E-state index in [0.717, 1.165) is 32.7 Å². The summed E-state index contributed by atoms with van der Waals surface area (Å²) in [5, 5.41) is 16.7. The second kappa shape index (κ2) is 9.98. The highest BCUT2D eigenvalue weighted by molar-refractivity contribution is 5.85. The molecule has 1 aliphatic rings. The van der Waals surface area contributed by atoms with E-state index in [2.05, 4.69) is 15.5 Å². The third-order valence-corrected chi connectivity index (χ3v) is 3.36. The van der Waals surface area contributed by atoms with Crippen LogP contribution in [0, 0.1) is 10.1 Å². The van der Waals surface area contributed by atoms with E-state index in [1.165, 1.54) is 18.2 Å². The molecule has 1 saturated heterocycles. The molecule has 23 heavy (non-hydrogen) atoms. The average molecular weight is 345 g/mol. The number of carbonyl (C=O) groups excluding carboxylic acids is 1. The van der Waals surface area contributed by atoms with Crippen molar-refractivity contribution in [1.82, 2.24) is 15.5 Å². The molecule has 2 N–H and O–H groups in total. The Labute approximate surface area is 140 Å². The van der Waals surface area contributed by atoms with Crippen LogP contribution in [-0.2, 0) is 4.79 Å². The number of nitrogens with zero attached hydrogens (tertiary/aromatic N) is 2. The maximum absolute atomic E-state index is 11.7. The van der Waals surface area contributed by atoms with Crippen LogP contribution in [0.1, 0.15) is 0 Å². The van der Waals surface area contributed by atoms with E-state index in [4.69, 9.17) is 4.74 Å². The van der Waals surface area contributed by atoms with Gasteiger partial charge in [0.2, 0.25) is 0 Å². The molecule has 128 valence electrons. The van der Waals surface area contributed by atoms with Crippen molar-refractivity contribution in [3.8, 4) is 5.75 Å². The maximum atomic E-state index is 11.7. The van der Waals surface area contributed by atoms with Crippen molar-refractivity contribution in [3.05, 3.63) is 34.4 Å². The van der Waals surface area contributed by atoms with E-state index >= 15 is 0 Å². The lowest BCUT2D eigenvalue weighted by atomic mass is 10.3. The Bertz CT molecular complexity index is 523. The van der Waals surface area contributed by atoms with Crippen LogP contribution >= 0.6 is 12.4 Å². The molecule has 0 spiro atoms. The lowest BCUT2D eigenvalue weighted by molar-refractivity contribution is -0.384. The number of benzene rings is 1. The molecule has 0 saturated carbocycles. The van der Waals surface area contributed by atoms with Crippen LogP contribution in [0.4, 0.5) is 5.69 Å². The summed E-state index contributed by atoms with van der Waals surface area (Å²) in [7, 11) is 0. The quantitative estimate of drug-likeness (QED) is 0.549. The summed E-state index contributed by atoms with van der Waals surface area (Å²) in [6.45, 7) is 5.15. The number of non-ortho nitro benzene ring substituents is 1. The minimum absolute atomic E-state index is 0. The maximum Gasteiger partial charge on any atom is 0.273 e. The molecular weight excluding hydrogens is 324 g/mol. The van der Waals surface area contributed by atoms with Gasteiger partial charge >= 0.3 is 0 Å². The highest BCUT2D eigenvalue weighted by Crippen LogP contribution is 2.18. The van der Waals surface area contributed by atoms with Gasteiger partial charge in [-0.1, -0.05) is 6.07 Å². The molecule has 1 aliphatic heterocycles. The van der Waals surface area contributed by atoms with Crippen molar-refractivity contribution in [2.24, 2.45) is 0 Å². The third-order valence-electron chi connectivity index (χ3n) is 3.36. The number of nitro benzene ring substituents is 1. The molecule has 1 heterocycles. The Morgan fingerprint density at radius 3 is 2.83 bits per heavy atom. The Morgan fingerprint density at radius 2 is 2.13 bits per heavy atom. The number of piperazine rings is 1. The van der Waals surface area contributed by atoms with Crippen molar-refractivity contribution in [2.45, 2.75) is 0 Å². The lowest BCUT2D eigenvalue weighted by Gasteiger charge is -2.27. The number of amides is 1. The normalized spacial score (nSPS) is 14.6. The summed E-state index contributed by atoms with van der Waals surface area (Å²) < 4.78 is 5.26. The Morgan fingerprint density at radius 1 is 1.39 bits per heavy atom. The fraction of sp³-hybridized carbons (Fsp3) is 0.500. The van der Waals surface area contributed by atoms with Gasteiger partial charge in [-0.15, -0.1) is 12.4 Å². The molecule has 2 rings (SSSR count). The van der Waals surface area contributed by atoms with E-state index in [-0.39, 0.29) is 30.6 Å². The van der Waals surface area contributed by atoms with Crippen molar-refractivity contribution in [3.63, 3.8) is 0 Å². The standard InChI is InChI=1S/C14H20N4O4.ClH/c19-14(16-6-9-17-7-4-15-5-8-17)11-22-13-3-1-2-12(10-13)18(20)21;/h1-3,10,15H,4-9,11H2,(H,16,19);1H. The summed E-state index contributed by atoms with van der Waals surface area (Å²) in [6.07, 6.45) is 0. The molecule has 8 nitrogen and oxygen atoms in total. The number of ether oxygens (including phenoxy) is 1. The van der Waals surface area contributed by atoms with Crippen molar-refractivity contribution < 1.29 is 14.5 Å². The smallest absolute Gasteiger partial charge is 0.273 e. The summed E-state index contributed by atoms with van der Waals surface area (Å²) in [4.78, 5) is 24.1. The van der Waals surface area contributed by atoms with Gasteiger partial charge in [0, 0.05) is 45.3 Å². The zero-order valence-electron chi connectivity index (χ0n) is 12.7. The van der Waals surface area contributed by atoms with Crippen LogP contribution in [0.3, 0.4) is 0 Å². The summed E-state index contributed by atoms with van der Waals surface area (Å²) in [5.74, 6) is 0.0769. The van der Waals surface area contributed by atoms with Gasteiger partial charge in [0.05, 0.1) is 11.0 Å². The second-order valence-corrected chi connectivity index (χ2v) is 4.98. The third kappa shape index (κ3) is 6.81. The number of nitrogens with one attached hydrogen (secondary N) is 2. The first-order chi connectivity index (χ1) is 10.6. The van der Waals surface area contributed by atoms with Crippen LogP contribution in [0.15, 0.2) is 24.3 Å². The van der Waals surface area contributed by atoms with Crippen molar-refractivity contribution in [2.75, 3.05) is 45.9 Å². The highest BCUT2D eigenvalue weighted by Gasteiger charge is 2.10. The Hall–Kier alpha value is -1.90. The van der Waals surface area contributed by atoms with Crippen molar-refractivity contribution in [1.29, 1.82) is 0 Å². The first-order valence-corrected chi connectivity index (χ1v) is 7.22. The van der Waals surface area contributed by atoms with Crippen LogP contribution in [0.5, 0.6) is 5.75 Å². The van der Waals surface area contributed by atoms with E-state index in [0.29, 0.717) is 12.3 Å². The molecule has 1 aromatic carbocycles. The van der Waals surface area contributed by atoms with Gasteiger partial charge in [0.25, 0.3) is 11.6 Å². The molecule has 0 bridgehead atoms. The van der Waals surface area contributed by atoms with E-state index in [1.807, 2.05) is 0 Å². The fourth-order valence-electron chi connectivity index (χ4n) is 2.17. The predicted octanol–water partition coefficient (Wildman–Crippen LogP) is 0.417. The van der Waals surface area contributed by atoms with Gasteiger partial charge in [0.1, 0.15) is 5.75 Å². The summed E-state index contributed by atoms with van der Waals surface area (Å²) >= 11 is 0. The van der Waals surface area contributed by atoms with E-state index in [9.17, 15) is 14.9 Å². The fourth-order valence-corrected chi connectivity index (χ4v) is 2.17. The summed E-state index contributed by atoms with van der Waals surface area (Å²) in [5.41, 5.74) is -0.0587. The van der Waals surface area contributed by atoms with Gasteiger partial charge in [-0.3, -0.25) is 19.8 Å². The van der Waals surface area contributed by atoms with Crippen LogP contribution in [-0.4, -0.2) is 61.6 Å². The topological polar surface area (TPSA) is 96.7 Å². The van der Waals surface area contributed by atoms with Crippen LogP contribution < -0.4 is 15.4 Å². The number of rotatable bonds is 7. The molecule has 1 fully saturated rings. The number of hydrogen-bond acceptors (Lipinski definition) is 6. The average Bonchev–Trinajstić information content (AvgIpc) is 2.54.